The van der Waals surface area contributed by atoms with Crippen LogP contribution in [0.3, 0.4) is 0 Å². The zero-order chi connectivity index (χ0) is 13.9. The normalized spacial score (nSPS) is 17.9. The van der Waals surface area contributed by atoms with Gasteiger partial charge in [0.15, 0.2) is 0 Å². The standard InChI is InChI=1S/C12H18F3N3O/c13-12(14,15)7-10-8-18(5-6-19)11(17-10)9-1-3-16-4-2-9/h8-9,16,19H,1-7H2. The van der Waals surface area contributed by atoms with E-state index in [-0.39, 0.29) is 18.2 Å². The van der Waals surface area contributed by atoms with E-state index in [9.17, 15) is 13.2 Å². The first-order chi connectivity index (χ1) is 8.99. The SMILES string of the molecule is OCCn1cc(CC(F)(F)F)nc1C1CCNCC1. The summed E-state index contributed by atoms with van der Waals surface area (Å²) in [6.45, 7) is 1.90. The fourth-order valence-electron chi connectivity index (χ4n) is 2.47. The molecule has 0 aliphatic carbocycles. The topological polar surface area (TPSA) is 50.1 Å². The molecule has 2 N–H and O–H groups in total. The summed E-state index contributed by atoms with van der Waals surface area (Å²) in [6, 6.07) is 0. The minimum atomic E-state index is -4.25. The molecule has 108 valence electrons. The van der Waals surface area contributed by atoms with Crippen LogP contribution in [0.2, 0.25) is 0 Å². The van der Waals surface area contributed by atoms with E-state index in [2.05, 4.69) is 10.3 Å². The molecule has 1 aliphatic rings. The Labute approximate surface area is 109 Å². The van der Waals surface area contributed by atoms with Crippen molar-refractivity contribution in [2.24, 2.45) is 0 Å². The van der Waals surface area contributed by atoms with Crippen molar-refractivity contribution in [1.29, 1.82) is 0 Å². The Kier molecular flexibility index (Phi) is 4.46. The Bertz CT molecular complexity index is 411. The molecule has 0 radical (unpaired) electrons. The molecule has 0 spiro atoms. The van der Waals surface area contributed by atoms with Crippen molar-refractivity contribution in [1.82, 2.24) is 14.9 Å². The Morgan fingerprint density at radius 3 is 2.63 bits per heavy atom. The molecule has 2 rings (SSSR count). The summed E-state index contributed by atoms with van der Waals surface area (Å²) >= 11 is 0. The molecular weight excluding hydrogens is 259 g/mol. The molecule has 0 amide bonds. The number of imidazole rings is 1. The minimum absolute atomic E-state index is 0.0366. The van der Waals surface area contributed by atoms with Crippen LogP contribution in [-0.2, 0) is 13.0 Å². The van der Waals surface area contributed by atoms with Gasteiger partial charge in [0.2, 0.25) is 0 Å². The average molecular weight is 277 g/mol. The summed E-state index contributed by atoms with van der Waals surface area (Å²) in [5, 5.41) is 12.2. The van der Waals surface area contributed by atoms with E-state index in [4.69, 9.17) is 5.11 Å². The molecule has 0 atom stereocenters. The fraction of sp³-hybridized carbons (Fsp3) is 0.750. The Morgan fingerprint density at radius 2 is 2.05 bits per heavy atom. The third-order valence-electron chi connectivity index (χ3n) is 3.28. The smallest absolute Gasteiger partial charge is 0.394 e. The number of nitrogens with one attached hydrogen (secondary N) is 1. The predicted octanol–water partition coefficient (Wildman–Crippen LogP) is 1.45. The highest BCUT2D eigenvalue weighted by Gasteiger charge is 2.30. The van der Waals surface area contributed by atoms with Crippen molar-refractivity contribution in [3.63, 3.8) is 0 Å². The Balaban J connectivity index is 2.19. The number of nitrogens with zero attached hydrogens (tertiary/aromatic N) is 2. The van der Waals surface area contributed by atoms with Gasteiger partial charge in [0.1, 0.15) is 5.82 Å². The Morgan fingerprint density at radius 1 is 1.37 bits per heavy atom. The molecule has 4 nitrogen and oxygen atoms in total. The van der Waals surface area contributed by atoms with Crippen LogP contribution in [0, 0.1) is 0 Å². The maximum atomic E-state index is 12.4. The molecule has 1 saturated heterocycles. The molecule has 19 heavy (non-hydrogen) atoms. The number of halogens is 3. The van der Waals surface area contributed by atoms with E-state index in [1.807, 2.05) is 0 Å². The lowest BCUT2D eigenvalue weighted by Crippen LogP contribution is -2.28. The highest BCUT2D eigenvalue weighted by molar-refractivity contribution is 5.10. The van der Waals surface area contributed by atoms with E-state index in [0.717, 1.165) is 25.9 Å². The Hall–Kier alpha value is -1.08. The van der Waals surface area contributed by atoms with E-state index in [0.29, 0.717) is 12.4 Å². The molecule has 2 heterocycles. The summed E-state index contributed by atoms with van der Waals surface area (Å²) in [4.78, 5) is 4.14. The van der Waals surface area contributed by atoms with Crippen molar-refractivity contribution < 1.29 is 18.3 Å². The number of aromatic nitrogens is 2. The first kappa shape index (κ1) is 14.3. The van der Waals surface area contributed by atoms with Crippen LogP contribution >= 0.6 is 0 Å². The minimum Gasteiger partial charge on any atom is -0.395 e. The van der Waals surface area contributed by atoms with E-state index in [1.165, 1.54) is 6.20 Å². The second kappa shape index (κ2) is 5.92. The summed E-state index contributed by atoms with van der Waals surface area (Å²) < 4.78 is 38.9. The van der Waals surface area contributed by atoms with Crippen LogP contribution in [0.15, 0.2) is 6.20 Å². The second-order valence-corrected chi connectivity index (χ2v) is 4.82. The second-order valence-electron chi connectivity index (χ2n) is 4.82. The van der Waals surface area contributed by atoms with Gasteiger partial charge in [0, 0.05) is 18.7 Å². The van der Waals surface area contributed by atoms with Crippen LogP contribution in [0.1, 0.15) is 30.3 Å². The van der Waals surface area contributed by atoms with Gasteiger partial charge >= 0.3 is 6.18 Å². The number of hydrogen-bond donors (Lipinski definition) is 2. The largest absolute Gasteiger partial charge is 0.395 e. The highest BCUT2D eigenvalue weighted by Crippen LogP contribution is 2.27. The van der Waals surface area contributed by atoms with Gasteiger partial charge in [-0.15, -0.1) is 0 Å². The lowest BCUT2D eigenvalue weighted by atomic mass is 9.97. The van der Waals surface area contributed by atoms with Crippen LogP contribution in [0.5, 0.6) is 0 Å². The molecule has 0 saturated carbocycles. The van der Waals surface area contributed by atoms with Crippen LogP contribution < -0.4 is 5.32 Å². The fourth-order valence-corrected chi connectivity index (χ4v) is 2.47. The van der Waals surface area contributed by atoms with Gasteiger partial charge in [-0.25, -0.2) is 4.98 Å². The summed E-state index contributed by atoms with van der Waals surface area (Å²) in [5.41, 5.74) is 0.0366. The quantitative estimate of drug-likeness (QED) is 0.875. The molecule has 7 heteroatoms. The zero-order valence-electron chi connectivity index (χ0n) is 10.6. The van der Waals surface area contributed by atoms with Gasteiger partial charge in [-0.2, -0.15) is 13.2 Å². The van der Waals surface area contributed by atoms with Crippen LogP contribution in [0.4, 0.5) is 13.2 Å². The van der Waals surface area contributed by atoms with E-state index < -0.39 is 12.6 Å². The molecule has 1 fully saturated rings. The van der Waals surface area contributed by atoms with Crippen molar-refractivity contribution in [2.75, 3.05) is 19.7 Å². The third-order valence-corrected chi connectivity index (χ3v) is 3.28. The lowest BCUT2D eigenvalue weighted by molar-refractivity contribution is -0.127. The third kappa shape index (κ3) is 3.94. The summed E-state index contributed by atoms with van der Waals surface area (Å²) in [6.07, 6.45) is -2.10. The first-order valence-corrected chi connectivity index (χ1v) is 6.44. The van der Waals surface area contributed by atoms with Gasteiger partial charge in [0.25, 0.3) is 0 Å². The van der Waals surface area contributed by atoms with Crippen molar-refractivity contribution >= 4 is 0 Å². The maximum absolute atomic E-state index is 12.4. The summed E-state index contributed by atoms with van der Waals surface area (Å²) in [5.74, 6) is 0.851. The summed E-state index contributed by atoms with van der Waals surface area (Å²) in [7, 11) is 0. The average Bonchev–Trinajstić information content (AvgIpc) is 2.71. The van der Waals surface area contributed by atoms with Gasteiger partial charge in [0.05, 0.1) is 18.7 Å². The molecule has 0 aromatic carbocycles. The number of alkyl halides is 3. The number of aliphatic hydroxyl groups excluding tert-OH is 1. The molecule has 1 aromatic rings. The van der Waals surface area contributed by atoms with Crippen LogP contribution in [0.25, 0.3) is 0 Å². The number of aliphatic hydroxyl groups is 1. The molecular formula is C12H18F3N3O. The first-order valence-electron chi connectivity index (χ1n) is 6.44. The van der Waals surface area contributed by atoms with Crippen molar-refractivity contribution in [3.8, 4) is 0 Å². The van der Waals surface area contributed by atoms with E-state index >= 15 is 0 Å². The van der Waals surface area contributed by atoms with Gasteiger partial charge in [-0.05, 0) is 25.9 Å². The van der Waals surface area contributed by atoms with E-state index in [1.54, 1.807) is 4.57 Å². The molecule has 0 bridgehead atoms. The van der Waals surface area contributed by atoms with Crippen molar-refractivity contribution in [3.05, 3.63) is 17.7 Å². The number of rotatable bonds is 4. The zero-order valence-corrected chi connectivity index (χ0v) is 10.6. The number of hydrogen-bond acceptors (Lipinski definition) is 3. The van der Waals surface area contributed by atoms with Gasteiger partial charge in [-0.1, -0.05) is 0 Å². The van der Waals surface area contributed by atoms with Crippen LogP contribution in [-0.4, -0.2) is 40.5 Å². The highest BCUT2D eigenvalue weighted by atomic mass is 19.4. The van der Waals surface area contributed by atoms with Gasteiger partial charge in [-0.3, -0.25) is 0 Å². The van der Waals surface area contributed by atoms with Crippen molar-refractivity contribution in [2.45, 2.75) is 37.9 Å². The lowest BCUT2D eigenvalue weighted by Gasteiger charge is -2.22. The number of piperidine rings is 1. The monoisotopic (exact) mass is 277 g/mol. The molecule has 1 aromatic heterocycles. The maximum Gasteiger partial charge on any atom is 0.394 e. The molecule has 1 aliphatic heterocycles. The molecule has 0 unspecified atom stereocenters. The predicted molar refractivity (Wildman–Crippen MR) is 63.9 cm³/mol. The van der Waals surface area contributed by atoms with Gasteiger partial charge < -0.3 is 15.0 Å².